The Morgan fingerprint density at radius 3 is 2.28 bits per heavy atom. The van der Waals surface area contributed by atoms with Gasteiger partial charge in [0.25, 0.3) is 0 Å². The highest BCUT2D eigenvalue weighted by atomic mass is 79.9. The molecule has 1 fully saturated rings. The number of aliphatic carboxylic acids is 1. The molecule has 5 atom stereocenters. The number of hydrogen-bond donors (Lipinski definition) is 5. The third kappa shape index (κ3) is 9.63. The molecule has 0 radical (unpaired) electrons. The molecule has 1 aromatic heterocycles. The Bertz CT molecular complexity index is 1260. The lowest BCUT2D eigenvalue weighted by Crippen LogP contribution is -2.59. The first kappa shape index (κ1) is 34.8. The van der Waals surface area contributed by atoms with Crippen LogP contribution in [0.25, 0.3) is 10.9 Å². The number of carboxylic acids is 1. The molecule has 2 aromatic rings. The highest BCUT2D eigenvalue weighted by Gasteiger charge is 2.34. The minimum absolute atomic E-state index is 0.0581. The summed E-state index contributed by atoms with van der Waals surface area (Å²) in [5.74, 6) is -1.14. The molecular weight excluding hydrogens is 634 g/mol. The van der Waals surface area contributed by atoms with Crippen LogP contribution in [0, 0.1) is 5.92 Å². The van der Waals surface area contributed by atoms with Crippen LogP contribution in [0.2, 0.25) is 0 Å². The van der Waals surface area contributed by atoms with Crippen LogP contribution in [0.5, 0.6) is 0 Å². The van der Waals surface area contributed by atoms with Crippen LogP contribution in [0.15, 0.2) is 28.9 Å². The van der Waals surface area contributed by atoms with Gasteiger partial charge in [0.15, 0.2) is 0 Å². The van der Waals surface area contributed by atoms with Crippen LogP contribution in [-0.4, -0.2) is 80.5 Å². The van der Waals surface area contributed by atoms with Gasteiger partial charge in [-0.05, 0) is 85.2 Å². The number of carbonyl (C=O) groups is 4. The highest BCUT2D eigenvalue weighted by molar-refractivity contribution is 9.10. The molecule has 0 bridgehead atoms. The molecule has 1 aromatic carbocycles. The second-order valence-corrected chi connectivity index (χ2v) is 13.8. The predicted molar refractivity (Wildman–Crippen MR) is 175 cm³/mol. The summed E-state index contributed by atoms with van der Waals surface area (Å²) in [4.78, 5) is 58.0. The molecule has 0 unspecified atom stereocenters. The number of benzene rings is 1. The lowest BCUT2D eigenvalue weighted by Gasteiger charge is -2.39. The number of carboxylic acid groups (broad SMARTS) is 1. The molecule has 1 saturated heterocycles. The SMILES string of the molecule is CCCSC[C@@H](NC(=O)[C@@H](Cc1c(Br)[nH]c2ccccc12)NC(=O)[C@H](CC(C)C)NC(=O)N1[C@H](C)CCC[C@@H]1C)C(=O)O. The Balaban J connectivity index is 1.87. The maximum atomic E-state index is 13.8. The minimum atomic E-state index is -1.13. The maximum absolute atomic E-state index is 13.8. The summed E-state index contributed by atoms with van der Waals surface area (Å²) in [6, 6.07) is 4.39. The number of H-pyrrole nitrogens is 1. The number of piperidine rings is 1. The average Bonchev–Trinajstić information content (AvgIpc) is 3.25. The summed E-state index contributed by atoms with van der Waals surface area (Å²) >= 11 is 5.01. The zero-order valence-corrected chi connectivity index (χ0v) is 28.1. The van der Waals surface area contributed by atoms with Gasteiger partial charge in [0.1, 0.15) is 18.1 Å². The van der Waals surface area contributed by atoms with E-state index in [2.05, 4.69) is 36.9 Å². The van der Waals surface area contributed by atoms with Gasteiger partial charge < -0.3 is 30.9 Å². The van der Waals surface area contributed by atoms with E-state index in [0.29, 0.717) is 11.0 Å². The van der Waals surface area contributed by atoms with Gasteiger partial charge in [-0.2, -0.15) is 11.8 Å². The molecule has 0 aliphatic carbocycles. The first-order valence-corrected chi connectivity index (χ1v) is 17.1. The molecule has 3 rings (SSSR count). The molecule has 5 N–H and O–H groups in total. The predicted octanol–water partition coefficient (Wildman–Crippen LogP) is 5.06. The first-order valence-electron chi connectivity index (χ1n) is 15.2. The maximum Gasteiger partial charge on any atom is 0.327 e. The summed E-state index contributed by atoms with van der Waals surface area (Å²) in [5, 5.41) is 19.2. The number of carbonyl (C=O) groups excluding carboxylic acids is 3. The van der Waals surface area contributed by atoms with Crippen LogP contribution >= 0.6 is 27.7 Å². The van der Waals surface area contributed by atoms with E-state index in [0.717, 1.165) is 47.9 Å². The number of amides is 4. The number of hydrogen-bond acceptors (Lipinski definition) is 5. The lowest BCUT2D eigenvalue weighted by atomic mass is 9.97. The quantitative estimate of drug-likeness (QED) is 0.177. The number of para-hydroxylation sites is 1. The van der Waals surface area contributed by atoms with Crippen LogP contribution in [0.1, 0.15) is 72.3 Å². The molecule has 2 heterocycles. The summed E-state index contributed by atoms with van der Waals surface area (Å²) in [7, 11) is 0. The molecule has 43 heavy (non-hydrogen) atoms. The van der Waals surface area contributed by atoms with E-state index in [1.54, 1.807) is 0 Å². The minimum Gasteiger partial charge on any atom is -0.480 e. The van der Waals surface area contributed by atoms with Gasteiger partial charge in [-0.1, -0.05) is 39.0 Å². The Kier molecular flexibility index (Phi) is 13.2. The number of rotatable bonds is 14. The average molecular weight is 681 g/mol. The van der Waals surface area contributed by atoms with Gasteiger partial charge in [0.2, 0.25) is 11.8 Å². The van der Waals surface area contributed by atoms with Crippen molar-refractivity contribution in [2.75, 3.05) is 11.5 Å². The van der Waals surface area contributed by atoms with E-state index in [1.165, 1.54) is 11.8 Å². The summed E-state index contributed by atoms with van der Waals surface area (Å²) in [5.41, 5.74) is 1.65. The normalized spacial score (nSPS) is 19.1. The molecule has 238 valence electrons. The van der Waals surface area contributed by atoms with Gasteiger partial charge in [0, 0.05) is 35.2 Å². The fraction of sp³-hybridized carbons (Fsp3) is 0.613. The van der Waals surface area contributed by atoms with E-state index < -0.39 is 35.9 Å². The number of urea groups is 1. The van der Waals surface area contributed by atoms with Crippen LogP contribution in [0.3, 0.4) is 0 Å². The molecule has 1 aliphatic heterocycles. The van der Waals surface area contributed by atoms with Crippen molar-refractivity contribution < 1.29 is 24.3 Å². The number of thioether (sulfide) groups is 1. The van der Waals surface area contributed by atoms with E-state index in [4.69, 9.17) is 0 Å². The summed E-state index contributed by atoms with van der Waals surface area (Å²) < 4.78 is 0.675. The monoisotopic (exact) mass is 679 g/mol. The molecule has 0 saturated carbocycles. The van der Waals surface area contributed by atoms with Crippen LogP contribution < -0.4 is 16.0 Å². The number of aromatic nitrogens is 1. The largest absolute Gasteiger partial charge is 0.480 e. The molecule has 12 heteroatoms. The Morgan fingerprint density at radius 2 is 1.65 bits per heavy atom. The van der Waals surface area contributed by atoms with E-state index in [-0.39, 0.29) is 36.2 Å². The second kappa shape index (κ2) is 16.4. The van der Waals surface area contributed by atoms with Crippen molar-refractivity contribution in [1.82, 2.24) is 25.8 Å². The van der Waals surface area contributed by atoms with E-state index in [9.17, 15) is 24.3 Å². The highest BCUT2D eigenvalue weighted by Crippen LogP contribution is 2.28. The van der Waals surface area contributed by atoms with Crippen molar-refractivity contribution >= 4 is 62.4 Å². The number of aromatic amines is 1. The van der Waals surface area contributed by atoms with Crippen molar-refractivity contribution in [2.24, 2.45) is 5.92 Å². The summed E-state index contributed by atoms with van der Waals surface area (Å²) in [6.45, 7) is 9.98. The molecule has 0 spiro atoms. The number of halogens is 1. The van der Waals surface area contributed by atoms with Crippen molar-refractivity contribution in [2.45, 2.75) is 103 Å². The van der Waals surface area contributed by atoms with Crippen LogP contribution in [-0.2, 0) is 20.8 Å². The fourth-order valence-electron chi connectivity index (χ4n) is 5.59. The van der Waals surface area contributed by atoms with Gasteiger partial charge >= 0.3 is 12.0 Å². The Labute approximate surface area is 267 Å². The zero-order chi connectivity index (χ0) is 31.7. The number of nitrogens with one attached hydrogen (secondary N) is 4. The van der Waals surface area contributed by atoms with E-state index >= 15 is 0 Å². The topological polar surface area (TPSA) is 144 Å². The van der Waals surface area contributed by atoms with Gasteiger partial charge in [0.05, 0.1) is 4.60 Å². The van der Waals surface area contributed by atoms with Crippen molar-refractivity contribution in [3.8, 4) is 0 Å². The van der Waals surface area contributed by atoms with Crippen molar-refractivity contribution in [1.29, 1.82) is 0 Å². The number of fused-ring (bicyclic) bond motifs is 1. The Morgan fingerprint density at radius 1 is 1.02 bits per heavy atom. The van der Waals surface area contributed by atoms with Crippen LogP contribution in [0.4, 0.5) is 4.79 Å². The molecule has 1 aliphatic rings. The zero-order valence-electron chi connectivity index (χ0n) is 25.7. The third-order valence-electron chi connectivity index (χ3n) is 7.80. The fourth-order valence-corrected chi connectivity index (χ4v) is 7.10. The van der Waals surface area contributed by atoms with Gasteiger partial charge in [-0.25, -0.2) is 9.59 Å². The van der Waals surface area contributed by atoms with Gasteiger partial charge in [-0.15, -0.1) is 0 Å². The lowest BCUT2D eigenvalue weighted by molar-refractivity contribution is -0.141. The second-order valence-electron chi connectivity index (χ2n) is 11.9. The molecular formula is C31H46BrN5O5S. The summed E-state index contributed by atoms with van der Waals surface area (Å²) in [6.07, 6.45) is 4.24. The number of nitrogens with zero attached hydrogens (tertiary/aromatic N) is 1. The van der Waals surface area contributed by atoms with Crippen molar-refractivity contribution in [3.63, 3.8) is 0 Å². The smallest absolute Gasteiger partial charge is 0.327 e. The van der Waals surface area contributed by atoms with Crippen molar-refractivity contribution in [3.05, 3.63) is 34.4 Å². The standard InChI is InChI=1S/C31H46BrN5O5S/c1-6-14-43-17-26(30(40)41)35-29(39)25(16-22-21-12-7-8-13-23(21)33-27(22)32)34-28(38)24(15-18(2)3)36-31(42)37-19(4)10-9-11-20(37)5/h7-8,12-13,18-20,24-26,33H,6,9-11,14-17H2,1-5H3,(H,34,38)(H,35,39)(H,36,42)(H,40,41)/t19-,20+,24-,25+,26+/m0/s1. The van der Waals surface area contributed by atoms with Gasteiger partial charge in [-0.3, -0.25) is 9.59 Å². The Hall–Kier alpha value is -2.73. The first-order chi connectivity index (χ1) is 20.4. The number of likely N-dealkylation sites (tertiary alicyclic amines) is 1. The molecule has 4 amide bonds. The molecule has 10 nitrogen and oxygen atoms in total. The van der Waals surface area contributed by atoms with E-state index in [1.807, 2.05) is 63.8 Å². The third-order valence-corrected chi connectivity index (χ3v) is 9.74.